The van der Waals surface area contributed by atoms with E-state index in [1.807, 2.05) is 36.1 Å². The van der Waals surface area contributed by atoms with Gasteiger partial charge in [-0.3, -0.25) is 4.79 Å². The molecule has 1 aliphatic rings. The second-order valence-electron chi connectivity index (χ2n) is 6.70. The molecule has 0 atom stereocenters. The molecule has 1 amide bonds. The Labute approximate surface area is 143 Å². The number of phenols is 1. The maximum atomic E-state index is 12.8. The number of rotatable bonds is 6. The minimum absolute atomic E-state index is 0.0541. The average molecular weight is 323 g/mol. The van der Waals surface area contributed by atoms with Gasteiger partial charge in [-0.15, -0.1) is 0 Å². The molecule has 1 aliphatic carbocycles. The van der Waals surface area contributed by atoms with E-state index in [4.69, 9.17) is 0 Å². The fourth-order valence-electron chi connectivity index (χ4n) is 3.30. The Bertz CT molecular complexity index is 700. The van der Waals surface area contributed by atoms with Crippen molar-refractivity contribution in [3.05, 3.63) is 65.2 Å². The molecule has 1 fully saturated rings. The molecule has 126 valence electrons. The molecular formula is C21H25NO2. The predicted molar refractivity (Wildman–Crippen MR) is 96.2 cm³/mol. The van der Waals surface area contributed by atoms with Gasteiger partial charge in [-0.05, 0) is 67.0 Å². The molecule has 1 N–H and O–H groups in total. The number of carbonyl (C=O) groups excluding carboxylic acids is 1. The largest absolute Gasteiger partial charge is 0.508 e. The summed E-state index contributed by atoms with van der Waals surface area (Å²) in [7, 11) is 0. The van der Waals surface area contributed by atoms with Crippen molar-refractivity contribution < 1.29 is 9.90 Å². The third kappa shape index (κ3) is 3.30. The van der Waals surface area contributed by atoms with Crippen molar-refractivity contribution >= 4 is 5.91 Å². The highest BCUT2D eigenvalue weighted by molar-refractivity contribution is 5.94. The molecule has 3 rings (SSSR count). The van der Waals surface area contributed by atoms with E-state index in [1.165, 1.54) is 24.8 Å². The standard InChI is InChI=1S/C21H25NO2/c1-3-21(13-14-21)18-9-7-17(8-10-18)20(24)22(4-2)15-16-5-11-19(23)12-6-16/h5-12,23H,3-4,13-15H2,1-2H3. The monoisotopic (exact) mass is 323 g/mol. The Balaban J connectivity index is 1.72. The van der Waals surface area contributed by atoms with Crippen LogP contribution >= 0.6 is 0 Å². The van der Waals surface area contributed by atoms with E-state index >= 15 is 0 Å². The molecule has 0 saturated heterocycles. The van der Waals surface area contributed by atoms with Crippen LogP contribution in [0.3, 0.4) is 0 Å². The summed E-state index contributed by atoms with van der Waals surface area (Å²) in [5.74, 6) is 0.298. The zero-order valence-electron chi connectivity index (χ0n) is 14.5. The molecule has 0 aromatic heterocycles. The molecule has 0 radical (unpaired) electrons. The van der Waals surface area contributed by atoms with Gasteiger partial charge in [0.1, 0.15) is 5.75 Å². The van der Waals surface area contributed by atoms with Crippen LogP contribution in [0.2, 0.25) is 0 Å². The minimum atomic E-state index is 0.0541. The van der Waals surface area contributed by atoms with Crippen LogP contribution in [0.15, 0.2) is 48.5 Å². The molecule has 0 unspecified atom stereocenters. The normalized spacial score (nSPS) is 15.1. The molecule has 1 saturated carbocycles. The first kappa shape index (κ1) is 16.6. The van der Waals surface area contributed by atoms with Crippen LogP contribution in [-0.2, 0) is 12.0 Å². The van der Waals surface area contributed by atoms with E-state index in [0.717, 1.165) is 11.1 Å². The van der Waals surface area contributed by atoms with Gasteiger partial charge in [0.25, 0.3) is 5.91 Å². The van der Waals surface area contributed by atoms with Gasteiger partial charge >= 0.3 is 0 Å². The molecule has 24 heavy (non-hydrogen) atoms. The lowest BCUT2D eigenvalue weighted by atomic mass is 9.92. The SMILES string of the molecule is CCN(Cc1ccc(O)cc1)C(=O)c1ccc(C2(CC)CC2)cc1. The van der Waals surface area contributed by atoms with E-state index in [9.17, 15) is 9.90 Å². The lowest BCUT2D eigenvalue weighted by Crippen LogP contribution is -2.30. The lowest BCUT2D eigenvalue weighted by molar-refractivity contribution is 0.0752. The van der Waals surface area contributed by atoms with Crippen LogP contribution in [0, 0.1) is 0 Å². The number of hydrogen-bond acceptors (Lipinski definition) is 2. The minimum Gasteiger partial charge on any atom is -0.508 e. The highest BCUT2D eigenvalue weighted by Crippen LogP contribution is 2.50. The van der Waals surface area contributed by atoms with Gasteiger partial charge in [0, 0.05) is 18.7 Å². The maximum absolute atomic E-state index is 12.8. The molecule has 3 nitrogen and oxygen atoms in total. The maximum Gasteiger partial charge on any atom is 0.254 e. The van der Waals surface area contributed by atoms with Crippen molar-refractivity contribution in [3.8, 4) is 5.75 Å². The predicted octanol–water partition coefficient (Wildman–Crippen LogP) is 4.50. The number of hydrogen-bond donors (Lipinski definition) is 1. The molecule has 0 heterocycles. The Morgan fingerprint density at radius 1 is 1.04 bits per heavy atom. The smallest absolute Gasteiger partial charge is 0.254 e. The van der Waals surface area contributed by atoms with Crippen LogP contribution < -0.4 is 0 Å². The summed E-state index contributed by atoms with van der Waals surface area (Å²) in [6.45, 7) is 5.43. The summed E-state index contributed by atoms with van der Waals surface area (Å²) in [6.07, 6.45) is 3.69. The Hall–Kier alpha value is -2.29. The van der Waals surface area contributed by atoms with Gasteiger partial charge in [0.2, 0.25) is 0 Å². The first-order valence-electron chi connectivity index (χ1n) is 8.75. The summed E-state index contributed by atoms with van der Waals surface area (Å²) < 4.78 is 0. The van der Waals surface area contributed by atoms with Gasteiger partial charge in [0.15, 0.2) is 0 Å². The van der Waals surface area contributed by atoms with Gasteiger partial charge in [0.05, 0.1) is 0 Å². The van der Waals surface area contributed by atoms with Crippen LogP contribution in [0.4, 0.5) is 0 Å². The molecule has 0 aliphatic heterocycles. The number of benzene rings is 2. The number of nitrogens with zero attached hydrogens (tertiary/aromatic N) is 1. The van der Waals surface area contributed by atoms with Crippen LogP contribution in [-0.4, -0.2) is 22.5 Å². The van der Waals surface area contributed by atoms with Gasteiger partial charge in [-0.2, -0.15) is 0 Å². The molecule has 0 spiro atoms. The zero-order valence-corrected chi connectivity index (χ0v) is 14.5. The zero-order chi connectivity index (χ0) is 17.2. The van der Waals surface area contributed by atoms with E-state index in [-0.39, 0.29) is 11.7 Å². The van der Waals surface area contributed by atoms with E-state index in [2.05, 4.69) is 19.1 Å². The Morgan fingerprint density at radius 3 is 2.17 bits per heavy atom. The summed E-state index contributed by atoms with van der Waals surface area (Å²) in [4.78, 5) is 14.6. The third-order valence-corrected chi connectivity index (χ3v) is 5.25. The van der Waals surface area contributed by atoms with Crippen molar-refractivity contribution in [2.75, 3.05) is 6.54 Å². The number of aromatic hydroxyl groups is 1. The number of phenolic OH excluding ortho intramolecular Hbond substituents is 1. The molecule has 2 aromatic carbocycles. The van der Waals surface area contributed by atoms with E-state index in [1.54, 1.807) is 12.1 Å². The second-order valence-corrected chi connectivity index (χ2v) is 6.70. The molecule has 2 aromatic rings. The Morgan fingerprint density at radius 2 is 1.67 bits per heavy atom. The summed E-state index contributed by atoms with van der Waals surface area (Å²) >= 11 is 0. The lowest BCUT2D eigenvalue weighted by Gasteiger charge is -2.22. The number of amides is 1. The third-order valence-electron chi connectivity index (χ3n) is 5.25. The topological polar surface area (TPSA) is 40.5 Å². The summed E-state index contributed by atoms with van der Waals surface area (Å²) in [6, 6.07) is 15.2. The fourth-order valence-corrected chi connectivity index (χ4v) is 3.30. The van der Waals surface area contributed by atoms with Crippen LogP contribution in [0.5, 0.6) is 5.75 Å². The first-order valence-corrected chi connectivity index (χ1v) is 8.75. The fraction of sp³-hybridized carbons (Fsp3) is 0.381. The van der Waals surface area contributed by atoms with Gasteiger partial charge in [-0.25, -0.2) is 0 Å². The van der Waals surface area contributed by atoms with E-state index in [0.29, 0.717) is 18.5 Å². The van der Waals surface area contributed by atoms with Crippen molar-refractivity contribution in [3.63, 3.8) is 0 Å². The highest BCUT2D eigenvalue weighted by Gasteiger charge is 2.42. The van der Waals surface area contributed by atoms with Crippen LogP contribution in [0.25, 0.3) is 0 Å². The Kier molecular flexibility index (Phi) is 4.61. The van der Waals surface area contributed by atoms with Crippen LogP contribution in [0.1, 0.15) is 54.6 Å². The summed E-state index contributed by atoms with van der Waals surface area (Å²) in [5, 5.41) is 9.37. The van der Waals surface area contributed by atoms with E-state index < -0.39 is 0 Å². The van der Waals surface area contributed by atoms with Crippen molar-refractivity contribution in [2.45, 2.75) is 45.1 Å². The molecular weight excluding hydrogens is 298 g/mol. The quantitative estimate of drug-likeness (QED) is 0.850. The number of carbonyl (C=O) groups is 1. The van der Waals surface area contributed by atoms with Crippen molar-refractivity contribution in [1.29, 1.82) is 0 Å². The average Bonchev–Trinajstić information content (AvgIpc) is 3.42. The summed E-state index contributed by atoms with van der Waals surface area (Å²) in [5.41, 5.74) is 3.50. The first-order chi connectivity index (χ1) is 11.6. The van der Waals surface area contributed by atoms with Crippen molar-refractivity contribution in [2.24, 2.45) is 0 Å². The molecule has 0 bridgehead atoms. The van der Waals surface area contributed by atoms with Crippen molar-refractivity contribution in [1.82, 2.24) is 4.90 Å². The molecule has 3 heteroatoms. The second kappa shape index (κ2) is 6.68. The highest BCUT2D eigenvalue weighted by atomic mass is 16.3. The van der Waals surface area contributed by atoms with Gasteiger partial charge in [-0.1, -0.05) is 31.2 Å². The van der Waals surface area contributed by atoms with Gasteiger partial charge < -0.3 is 10.0 Å².